The fourth-order valence-electron chi connectivity index (χ4n) is 3.39. The molecule has 0 radical (unpaired) electrons. The van der Waals surface area contributed by atoms with Crippen molar-refractivity contribution in [1.29, 1.82) is 0 Å². The van der Waals surface area contributed by atoms with E-state index in [0.29, 0.717) is 30.2 Å². The number of hydrazone groups is 1. The van der Waals surface area contributed by atoms with Crippen molar-refractivity contribution in [3.8, 4) is 11.5 Å². The highest BCUT2D eigenvalue weighted by Crippen LogP contribution is 2.27. The number of nitrogens with one attached hydrogen (secondary N) is 2. The first-order valence-electron chi connectivity index (χ1n) is 10.4. The summed E-state index contributed by atoms with van der Waals surface area (Å²) in [6.07, 6.45) is 5.21. The lowest BCUT2D eigenvalue weighted by atomic mass is 10.2. The Balaban J connectivity index is 1.46. The molecule has 2 heterocycles. The topological polar surface area (TPSA) is 119 Å². The number of carbonyl (C=O) groups excluding carboxylic acids is 3. The van der Waals surface area contributed by atoms with Crippen LogP contribution in [-0.4, -0.2) is 74.9 Å². The summed E-state index contributed by atoms with van der Waals surface area (Å²) < 4.78 is 16.3. The maximum atomic E-state index is 12.1. The van der Waals surface area contributed by atoms with Crippen LogP contribution in [0.15, 0.2) is 23.3 Å². The molecule has 10 heteroatoms. The minimum absolute atomic E-state index is 0.0425. The van der Waals surface area contributed by atoms with Gasteiger partial charge in [0.15, 0.2) is 18.1 Å². The van der Waals surface area contributed by atoms with Crippen LogP contribution in [0.3, 0.4) is 0 Å². The van der Waals surface area contributed by atoms with E-state index in [1.165, 1.54) is 13.3 Å². The number of carbonyl (C=O) groups is 3. The summed E-state index contributed by atoms with van der Waals surface area (Å²) >= 11 is 0. The Morgan fingerprint density at radius 3 is 2.71 bits per heavy atom. The van der Waals surface area contributed by atoms with E-state index < -0.39 is 11.8 Å². The van der Waals surface area contributed by atoms with E-state index in [2.05, 4.69) is 15.8 Å². The molecule has 0 bridgehead atoms. The van der Waals surface area contributed by atoms with Gasteiger partial charge in [-0.2, -0.15) is 5.10 Å². The molecule has 0 unspecified atom stereocenters. The number of rotatable bonds is 8. The number of methoxy groups -OCH3 is 1. The lowest BCUT2D eigenvalue weighted by molar-refractivity contribution is -0.139. The SMILES string of the molecule is COc1cc(/C=N\NC(=O)C(=O)NC[C@H]2CCCO2)ccc1OCC(=O)N1CCCC1. The highest BCUT2D eigenvalue weighted by Gasteiger charge is 2.20. The van der Waals surface area contributed by atoms with E-state index in [1.54, 1.807) is 23.1 Å². The zero-order valence-electron chi connectivity index (χ0n) is 17.6. The molecule has 2 saturated heterocycles. The van der Waals surface area contributed by atoms with Gasteiger partial charge in [0.05, 0.1) is 19.4 Å². The van der Waals surface area contributed by atoms with Gasteiger partial charge in [-0.05, 0) is 49.4 Å². The van der Waals surface area contributed by atoms with Gasteiger partial charge in [-0.25, -0.2) is 5.43 Å². The van der Waals surface area contributed by atoms with Gasteiger partial charge in [0, 0.05) is 26.2 Å². The quantitative estimate of drug-likeness (QED) is 0.350. The van der Waals surface area contributed by atoms with Crippen LogP contribution in [0.25, 0.3) is 0 Å². The van der Waals surface area contributed by atoms with Crippen LogP contribution in [0.4, 0.5) is 0 Å². The van der Waals surface area contributed by atoms with E-state index in [-0.39, 0.29) is 18.6 Å². The van der Waals surface area contributed by atoms with Crippen molar-refractivity contribution in [2.24, 2.45) is 5.10 Å². The second-order valence-electron chi connectivity index (χ2n) is 7.33. The summed E-state index contributed by atoms with van der Waals surface area (Å²) in [4.78, 5) is 37.5. The molecule has 3 amide bonds. The fraction of sp³-hybridized carbons (Fsp3) is 0.524. The zero-order valence-corrected chi connectivity index (χ0v) is 17.6. The Bertz CT molecular complexity index is 816. The van der Waals surface area contributed by atoms with Crippen molar-refractivity contribution < 1.29 is 28.6 Å². The molecule has 31 heavy (non-hydrogen) atoms. The summed E-state index contributed by atoms with van der Waals surface area (Å²) in [7, 11) is 1.49. The second-order valence-corrected chi connectivity index (χ2v) is 7.33. The molecule has 2 aliphatic rings. The van der Waals surface area contributed by atoms with Gasteiger partial charge >= 0.3 is 11.8 Å². The summed E-state index contributed by atoms with van der Waals surface area (Å²) in [6.45, 7) is 2.47. The van der Waals surface area contributed by atoms with Crippen molar-refractivity contribution in [3.63, 3.8) is 0 Å². The van der Waals surface area contributed by atoms with E-state index in [1.807, 2.05) is 0 Å². The second kappa shape index (κ2) is 11.3. The molecule has 1 aromatic rings. The summed E-state index contributed by atoms with van der Waals surface area (Å²) in [6, 6.07) is 5.02. The zero-order chi connectivity index (χ0) is 22.1. The van der Waals surface area contributed by atoms with Crippen LogP contribution in [0.5, 0.6) is 11.5 Å². The molecule has 1 aromatic carbocycles. The predicted octanol–water partition coefficient (Wildman–Crippen LogP) is 0.442. The normalized spacial score (nSPS) is 18.2. The van der Waals surface area contributed by atoms with Crippen LogP contribution in [0.2, 0.25) is 0 Å². The Morgan fingerprint density at radius 2 is 2.00 bits per heavy atom. The average molecular weight is 432 g/mol. The van der Waals surface area contributed by atoms with Crippen LogP contribution in [0.1, 0.15) is 31.2 Å². The van der Waals surface area contributed by atoms with Crippen LogP contribution in [0, 0.1) is 0 Å². The van der Waals surface area contributed by atoms with E-state index in [0.717, 1.165) is 38.8 Å². The van der Waals surface area contributed by atoms with Gasteiger partial charge < -0.3 is 24.4 Å². The first-order valence-corrected chi connectivity index (χ1v) is 10.4. The lowest BCUT2D eigenvalue weighted by Gasteiger charge is -2.16. The molecule has 1 atom stereocenters. The standard InChI is InChI=1S/C21H28N4O6/c1-29-18-11-15(6-7-17(18)31-14-19(26)25-8-2-3-9-25)12-23-24-21(28)20(27)22-13-16-5-4-10-30-16/h6-7,11-12,16H,2-5,8-10,13-14H2,1H3,(H,22,27)(H,24,28)/b23-12-/t16-/m1/s1. The number of benzene rings is 1. The first kappa shape index (κ1) is 22.5. The number of likely N-dealkylation sites (tertiary alicyclic amines) is 1. The maximum Gasteiger partial charge on any atom is 0.329 e. The Kier molecular flexibility index (Phi) is 8.22. The fourth-order valence-corrected chi connectivity index (χ4v) is 3.39. The number of hydrogen-bond acceptors (Lipinski definition) is 7. The number of nitrogens with zero attached hydrogens (tertiary/aromatic N) is 2. The minimum atomic E-state index is -0.860. The minimum Gasteiger partial charge on any atom is -0.493 e. The third-order valence-corrected chi connectivity index (χ3v) is 5.10. The molecule has 3 rings (SSSR count). The third-order valence-electron chi connectivity index (χ3n) is 5.10. The smallest absolute Gasteiger partial charge is 0.329 e. The Hall–Kier alpha value is -3.14. The number of amides is 3. The largest absolute Gasteiger partial charge is 0.493 e. The van der Waals surface area contributed by atoms with Crippen molar-refractivity contribution in [2.75, 3.05) is 40.0 Å². The molecule has 0 spiro atoms. The van der Waals surface area contributed by atoms with Gasteiger partial charge in [-0.1, -0.05) is 0 Å². The van der Waals surface area contributed by atoms with Gasteiger partial charge in [0.25, 0.3) is 5.91 Å². The van der Waals surface area contributed by atoms with E-state index >= 15 is 0 Å². The molecular weight excluding hydrogens is 404 g/mol. The summed E-state index contributed by atoms with van der Waals surface area (Å²) in [5.41, 5.74) is 2.81. The lowest BCUT2D eigenvalue weighted by Crippen LogP contribution is -2.41. The predicted molar refractivity (Wildman–Crippen MR) is 112 cm³/mol. The van der Waals surface area contributed by atoms with Crippen molar-refractivity contribution in [1.82, 2.24) is 15.6 Å². The van der Waals surface area contributed by atoms with Gasteiger partial charge in [0.2, 0.25) is 0 Å². The molecule has 2 aliphatic heterocycles. The Labute approximate surface area is 180 Å². The first-order chi connectivity index (χ1) is 15.1. The van der Waals surface area contributed by atoms with E-state index in [4.69, 9.17) is 14.2 Å². The summed E-state index contributed by atoms with van der Waals surface area (Å²) in [5.74, 6) is -0.813. The molecule has 2 N–H and O–H groups in total. The highest BCUT2D eigenvalue weighted by molar-refractivity contribution is 6.35. The van der Waals surface area contributed by atoms with Gasteiger partial charge in [0.1, 0.15) is 0 Å². The molecule has 0 saturated carbocycles. The van der Waals surface area contributed by atoms with Gasteiger partial charge in [-0.3, -0.25) is 14.4 Å². The molecule has 10 nitrogen and oxygen atoms in total. The molecule has 0 aromatic heterocycles. The van der Waals surface area contributed by atoms with Crippen molar-refractivity contribution in [2.45, 2.75) is 31.8 Å². The van der Waals surface area contributed by atoms with Crippen molar-refractivity contribution in [3.05, 3.63) is 23.8 Å². The molecule has 168 valence electrons. The van der Waals surface area contributed by atoms with Crippen LogP contribution >= 0.6 is 0 Å². The average Bonchev–Trinajstić information content (AvgIpc) is 3.50. The van der Waals surface area contributed by atoms with Crippen LogP contribution < -0.4 is 20.2 Å². The molecule has 2 fully saturated rings. The maximum absolute atomic E-state index is 12.1. The molecule has 0 aliphatic carbocycles. The third kappa shape index (κ3) is 6.68. The van der Waals surface area contributed by atoms with E-state index in [9.17, 15) is 14.4 Å². The monoisotopic (exact) mass is 432 g/mol. The summed E-state index contributed by atoms with van der Waals surface area (Å²) in [5, 5.41) is 6.32. The van der Waals surface area contributed by atoms with Gasteiger partial charge in [-0.15, -0.1) is 0 Å². The van der Waals surface area contributed by atoms with Crippen molar-refractivity contribution >= 4 is 23.9 Å². The highest BCUT2D eigenvalue weighted by atomic mass is 16.5. The number of hydrogen-bond donors (Lipinski definition) is 2. The molecular formula is C21H28N4O6. The van der Waals surface area contributed by atoms with Crippen LogP contribution in [-0.2, 0) is 19.1 Å². The number of ether oxygens (including phenoxy) is 3. The Morgan fingerprint density at radius 1 is 1.19 bits per heavy atom.